The van der Waals surface area contributed by atoms with E-state index >= 15 is 0 Å². The number of thiocarbonyl (C=S) groups is 1. The Morgan fingerprint density at radius 3 is 2.64 bits per heavy atom. The third kappa shape index (κ3) is 4.61. The van der Waals surface area contributed by atoms with E-state index in [1.807, 2.05) is 0 Å². The second-order valence-electron chi connectivity index (χ2n) is 6.32. The summed E-state index contributed by atoms with van der Waals surface area (Å²) < 4.78 is 0. The maximum Gasteiger partial charge on any atom is 0.173 e. The molecule has 1 fully saturated rings. The molecule has 0 aliphatic carbocycles. The summed E-state index contributed by atoms with van der Waals surface area (Å²) in [7, 11) is 2.31. The van der Waals surface area contributed by atoms with Gasteiger partial charge in [-0.25, -0.2) is 0 Å². The molecule has 1 aliphatic rings. The van der Waals surface area contributed by atoms with Crippen LogP contribution in [0.4, 0.5) is 5.69 Å². The van der Waals surface area contributed by atoms with Crippen LogP contribution in [0.5, 0.6) is 0 Å². The van der Waals surface area contributed by atoms with E-state index in [1.165, 1.54) is 17.7 Å². The molecule has 0 saturated carbocycles. The van der Waals surface area contributed by atoms with Crippen LogP contribution in [0.25, 0.3) is 0 Å². The molecule has 0 radical (unpaired) electrons. The van der Waals surface area contributed by atoms with Crippen molar-refractivity contribution in [2.24, 2.45) is 0 Å². The van der Waals surface area contributed by atoms with Gasteiger partial charge in [-0.05, 0) is 50.5 Å². The zero-order valence-electron chi connectivity index (χ0n) is 14.1. The summed E-state index contributed by atoms with van der Waals surface area (Å²) in [6, 6.07) is 9.88. The van der Waals surface area contributed by atoms with E-state index in [4.69, 9.17) is 12.2 Å². The molecule has 1 unspecified atom stereocenters. The number of benzene rings is 1. The minimum absolute atomic E-state index is 0.691. The van der Waals surface area contributed by atoms with Crippen LogP contribution < -0.4 is 10.2 Å². The number of quaternary nitrogens is 1. The summed E-state index contributed by atoms with van der Waals surface area (Å²) in [5, 5.41) is 4.25. The van der Waals surface area contributed by atoms with Crippen molar-refractivity contribution < 1.29 is 4.90 Å². The van der Waals surface area contributed by atoms with Gasteiger partial charge < -0.3 is 15.1 Å². The van der Waals surface area contributed by atoms with Gasteiger partial charge in [0.25, 0.3) is 0 Å². The normalized spacial score (nSPS) is 17.6. The van der Waals surface area contributed by atoms with Crippen molar-refractivity contribution >= 4 is 34.8 Å². The molecule has 2 N–H and O–H groups in total. The van der Waals surface area contributed by atoms with E-state index in [0.29, 0.717) is 6.04 Å². The predicted octanol–water partition coefficient (Wildman–Crippen LogP) is 2.49. The Balaban J connectivity index is 1.87. The van der Waals surface area contributed by atoms with Crippen molar-refractivity contribution in [1.82, 2.24) is 4.90 Å². The Labute approximate surface area is 144 Å². The highest BCUT2D eigenvalue weighted by molar-refractivity contribution is 7.98. The average Bonchev–Trinajstić information content (AvgIpc) is 2.54. The molecule has 1 heterocycles. The third-order valence-corrected chi connectivity index (χ3v) is 5.74. The Bertz CT molecular complexity index is 496. The molecule has 0 amide bonds. The number of hydrogen-bond acceptors (Lipinski definition) is 2. The van der Waals surface area contributed by atoms with Crippen LogP contribution in [0, 0.1) is 0 Å². The lowest BCUT2D eigenvalue weighted by Gasteiger charge is -2.37. The molecule has 1 atom stereocenters. The van der Waals surface area contributed by atoms with Crippen LogP contribution in [0.15, 0.2) is 29.2 Å². The predicted molar refractivity (Wildman–Crippen MR) is 101 cm³/mol. The fraction of sp³-hybridized carbons (Fsp3) is 0.588. The highest BCUT2D eigenvalue weighted by atomic mass is 32.2. The standard InChI is InChI=1S/C17H27N3S2/c1-13(2)19(3)15-8-10-20(11-9-15)17(21)18-14-6-5-7-16(12-14)22-4/h5-7,12-13,15H,8-11H2,1-4H3,(H,18,21)/p+1. The number of hydrogen-bond donors (Lipinski definition) is 2. The molecule has 0 spiro atoms. The first kappa shape index (κ1) is 17.6. The molecule has 0 bridgehead atoms. The van der Waals surface area contributed by atoms with E-state index in [-0.39, 0.29) is 0 Å². The molecule has 122 valence electrons. The molecule has 5 heteroatoms. The van der Waals surface area contributed by atoms with Crippen LogP contribution in [0.2, 0.25) is 0 Å². The van der Waals surface area contributed by atoms with Gasteiger partial charge in [-0.1, -0.05) is 6.07 Å². The fourth-order valence-corrected chi connectivity index (χ4v) is 3.67. The van der Waals surface area contributed by atoms with Gasteiger partial charge in [0.15, 0.2) is 5.11 Å². The SMILES string of the molecule is CSc1cccc(NC(=S)N2CCC([NH+](C)C(C)C)CC2)c1. The summed E-state index contributed by atoms with van der Waals surface area (Å²) in [6.07, 6.45) is 4.53. The molecule has 3 nitrogen and oxygen atoms in total. The minimum atomic E-state index is 0.691. The van der Waals surface area contributed by atoms with Gasteiger partial charge in [-0.2, -0.15) is 0 Å². The molecular formula is C17H28N3S2+. The summed E-state index contributed by atoms with van der Waals surface area (Å²) >= 11 is 7.34. The van der Waals surface area contributed by atoms with Crippen LogP contribution in [0.1, 0.15) is 26.7 Å². The molecule has 2 rings (SSSR count). The summed E-state index contributed by atoms with van der Waals surface area (Å²) in [5.74, 6) is 0. The van der Waals surface area contributed by atoms with E-state index in [9.17, 15) is 0 Å². The van der Waals surface area contributed by atoms with Crippen molar-refractivity contribution in [2.45, 2.75) is 43.7 Å². The van der Waals surface area contributed by atoms with E-state index in [0.717, 1.165) is 29.9 Å². The van der Waals surface area contributed by atoms with E-state index in [2.05, 4.69) is 61.6 Å². The van der Waals surface area contributed by atoms with Gasteiger partial charge in [0, 0.05) is 36.5 Å². The van der Waals surface area contributed by atoms with Crippen molar-refractivity contribution in [3.63, 3.8) is 0 Å². The second-order valence-corrected chi connectivity index (χ2v) is 7.59. The lowest BCUT2D eigenvalue weighted by atomic mass is 10.0. The molecule has 0 aromatic heterocycles. The van der Waals surface area contributed by atoms with Gasteiger partial charge in [0.05, 0.1) is 19.1 Å². The van der Waals surface area contributed by atoms with Crippen LogP contribution in [-0.4, -0.2) is 48.5 Å². The number of nitrogens with zero attached hydrogens (tertiary/aromatic N) is 1. The van der Waals surface area contributed by atoms with Crippen molar-refractivity contribution in [3.05, 3.63) is 24.3 Å². The smallest absolute Gasteiger partial charge is 0.173 e. The molecule has 1 aromatic rings. The average molecular weight is 339 g/mol. The molecule has 1 aromatic carbocycles. The first-order valence-corrected chi connectivity index (χ1v) is 9.68. The van der Waals surface area contributed by atoms with E-state index in [1.54, 1.807) is 16.7 Å². The maximum absolute atomic E-state index is 5.59. The van der Waals surface area contributed by atoms with Gasteiger partial charge in [0.2, 0.25) is 0 Å². The Morgan fingerprint density at radius 2 is 2.05 bits per heavy atom. The Hall–Kier alpha value is -0.780. The van der Waals surface area contributed by atoms with Crippen LogP contribution >= 0.6 is 24.0 Å². The van der Waals surface area contributed by atoms with Crippen molar-refractivity contribution in [2.75, 3.05) is 31.7 Å². The molecule has 1 aliphatic heterocycles. The number of likely N-dealkylation sites (tertiary alicyclic amines) is 1. The van der Waals surface area contributed by atoms with Gasteiger partial charge in [-0.15, -0.1) is 11.8 Å². The quantitative estimate of drug-likeness (QED) is 0.649. The number of thioether (sulfide) groups is 1. The third-order valence-electron chi connectivity index (χ3n) is 4.66. The lowest BCUT2D eigenvalue weighted by Crippen LogP contribution is -3.16. The molecule has 22 heavy (non-hydrogen) atoms. The van der Waals surface area contributed by atoms with Crippen LogP contribution in [0.3, 0.4) is 0 Å². The zero-order valence-corrected chi connectivity index (χ0v) is 15.7. The summed E-state index contributed by atoms with van der Waals surface area (Å²) in [6.45, 7) is 6.71. The van der Waals surface area contributed by atoms with Crippen LogP contribution in [-0.2, 0) is 0 Å². The maximum atomic E-state index is 5.59. The Morgan fingerprint density at radius 1 is 1.36 bits per heavy atom. The molecular weight excluding hydrogens is 310 g/mol. The second kappa shape index (κ2) is 8.18. The van der Waals surface area contributed by atoms with Gasteiger partial charge in [0.1, 0.15) is 0 Å². The van der Waals surface area contributed by atoms with E-state index < -0.39 is 0 Å². The summed E-state index contributed by atoms with van der Waals surface area (Å²) in [4.78, 5) is 5.21. The molecule has 1 saturated heterocycles. The number of nitrogens with one attached hydrogen (secondary N) is 2. The topological polar surface area (TPSA) is 19.7 Å². The summed E-state index contributed by atoms with van der Waals surface area (Å²) in [5.41, 5.74) is 1.09. The minimum Gasteiger partial charge on any atom is -0.349 e. The first-order chi connectivity index (χ1) is 10.5. The largest absolute Gasteiger partial charge is 0.349 e. The highest BCUT2D eigenvalue weighted by Gasteiger charge is 2.27. The Kier molecular flexibility index (Phi) is 6.53. The number of rotatable bonds is 4. The van der Waals surface area contributed by atoms with Crippen molar-refractivity contribution in [3.8, 4) is 0 Å². The fourth-order valence-electron chi connectivity index (χ4n) is 2.91. The lowest BCUT2D eigenvalue weighted by molar-refractivity contribution is -0.928. The van der Waals surface area contributed by atoms with Gasteiger partial charge in [-0.3, -0.25) is 0 Å². The number of piperidine rings is 1. The first-order valence-electron chi connectivity index (χ1n) is 8.04. The van der Waals surface area contributed by atoms with Crippen molar-refractivity contribution in [1.29, 1.82) is 0 Å². The number of anilines is 1. The highest BCUT2D eigenvalue weighted by Crippen LogP contribution is 2.20. The zero-order chi connectivity index (χ0) is 16.1. The monoisotopic (exact) mass is 338 g/mol. The van der Waals surface area contributed by atoms with Gasteiger partial charge >= 0.3 is 0 Å².